The lowest BCUT2D eigenvalue weighted by molar-refractivity contribution is -0.0224. The third-order valence-electron chi connectivity index (χ3n) is 1.47. The van der Waals surface area contributed by atoms with Gasteiger partial charge in [0.1, 0.15) is 6.20 Å². The van der Waals surface area contributed by atoms with Gasteiger partial charge in [-0.3, -0.25) is 4.57 Å². The smallest absolute Gasteiger partial charge is 0.238 e. The van der Waals surface area contributed by atoms with Gasteiger partial charge >= 0.3 is 0 Å². The van der Waals surface area contributed by atoms with E-state index in [-0.39, 0.29) is 8.46 Å². The van der Waals surface area contributed by atoms with Crippen LogP contribution in [-0.2, 0) is 14.8 Å². The molecule has 1 atom stereocenters. The van der Waals surface area contributed by atoms with Crippen LogP contribution in [-0.4, -0.2) is 16.4 Å². The molecular weight excluding hydrogens is 175 g/mol. The molecule has 0 spiro atoms. The third-order valence-corrected chi connectivity index (χ3v) is 2.14. The maximum atomic E-state index is 10.8. The molecule has 65 valence electrons. The van der Waals surface area contributed by atoms with E-state index in [2.05, 4.69) is 11.3 Å². The molecular formula is C7H10N2O2P. The minimum Gasteiger partial charge on any atom is -0.344 e. The van der Waals surface area contributed by atoms with E-state index in [4.69, 9.17) is 4.74 Å². The van der Waals surface area contributed by atoms with Gasteiger partial charge in [0.2, 0.25) is 13.9 Å². The summed E-state index contributed by atoms with van der Waals surface area (Å²) in [5, 5.41) is 3.84. The van der Waals surface area contributed by atoms with Crippen molar-refractivity contribution < 1.29 is 9.30 Å². The molecule has 0 amide bonds. The van der Waals surface area contributed by atoms with E-state index in [0.29, 0.717) is 6.61 Å². The maximum Gasteiger partial charge on any atom is 0.238 e. The van der Waals surface area contributed by atoms with E-state index >= 15 is 0 Å². The highest BCUT2D eigenvalue weighted by Gasteiger charge is 2.27. The molecule has 4 nitrogen and oxygen atoms in total. The van der Waals surface area contributed by atoms with Crippen LogP contribution in [0.15, 0.2) is 12.3 Å². The summed E-state index contributed by atoms with van der Waals surface area (Å²) in [6.07, 6.45) is 4.28. The molecule has 0 saturated carbocycles. The van der Waals surface area contributed by atoms with Gasteiger partial charge in [-0.05, 0) is 19.9 Å². The van der Waals surface area contributed by atoms with E-state index in [1.54, 1.807) is 19.2 Å². The Kier molecular flexibility index (Phi) is 2.95. The van der Waals surface area contributed by atoms with Crippen LogP contribution in [0.25, 0.3) is 0 Å². The summed E-state index contributed by atoms with van der Waals surface area (Å²) in [5.41, 5.74) is -0.894. The summed E-state index contributed by atoms with van der Waals surface area (Å²) in [5.74, 6) is 0. The topological polar surface area (TPSA) is 44.1 Å². The maximum absolute atomic E-state index is 10.8. The van der Waals surface area contributed by atoms with Crippen LogP contribution in [0.3, 0.4) is 0 Å². The lowest BCUT2D eigenvalue weighted by Crippen LogP contribution is -2.27. The molecule has 5 heteroatoms. The van der Waals surface area contributed by atoms with Crippen LogP contribution in [0.4, 0.5) is 0 Å². The number of rotatable bonds is 4. The first-order valence-corrected chi connectivity index (χ1v) is 4.45. The van der Waals surface area contributed by atoms with E-state index in [1.807, 2.05) is 6.92 Å². The Hall–Kier alpha value is -0.730. The highest BCUT2D eigenvalue weighted by molar-refractivity contribution is 7.24. The van der Waals surface area contributed by atoms with E-state index < -0.39 is 5.47 Å². The summed E-state index contributed by atoms with van der Waals surface area (Å²) in [6.45, 7) is 4.04. The average molecular weight is 185 g/mol. The average Bonchev–Trinajstić information content (AvgIpc) is 2.57. The largest absolute Gasteiger partial charge is 0.344 e. The Balaban J connectivity index is 2.87. The molecule has 0 saturated heterocycles. The SMILES string of the molecule is CCOC(C)(P=O)n1cc[c]n1. The molecule has 0 N–H and O–H groups in total. The van der Waals surface area contributed by atoms with Gasteiger partial charge in [0.05, 0.1) is 0 Å². The summed E-state index contributed by atoms with van der Waals surface area (Å²) in [6, 6.07) is 1.64. The molecule has 0 fully saturated rings. The summed E-state index contributed by atoms with van der Waals surface area (Å²) in [7, 11) is -0.113. The van der Waals surface area contributed by atoms with Crippen LogP contribution in [0.2, 0.25) is 0 Å². The van der Waals surface area contributed by atoms with Crippen LogP contribution in [0.1, 0.15) is 13.8 Å². The molecule has 1 radical (unpaired) electrons. The van der Waals surface area contributed by atoms with Gasteiger partial charge in [-0.15, -0.1) is 0 Å². The van der Waals surface area contributed by atoms with Gasteiger partial charge in [-0.1, -0.05) is 0 Å². The number of nitrogens with zero attached hydrogens (tertiary/aromatic N) is 2. The van der Waals surface area contributed by atoms with Crippen molar-refractivity contribution in [1.29, 1.82) is 0 Å². The lowest BCUT2D eigenvalue weighted by atomic mass is 10.6. The molecule has 0 aliphatic carbocycles. The number of hydrogen-bond acceptors (Lipinski definition) is 3. The molecule has 1 aromatic rings. The quantitative estimate of drug-likeness (QED) is 0.670. The van der Waals surface area contributed by atoms with Crippen molar-refractivity contribution >= 4 is 8.46 Å². The standard InChI is InChI=1S/C7H10N2O2P/c1-3-11-7(2,12-10)9-6-4-5-8-9/h4,6H,3H2,1-2H3. The second-order valence-corrected chi connectivity index (χ2v) is 3.36. The minimum absolute atomic E-state index is 0.113. The molecule has 1 aromatic heterocycles. The van der Waals surface area contributed by atoms with Gasteiger partial charge in [0, 0.05) is 12.8 Å². The summed E-state index contributed by atoms with van der Waals surface area (Å²) < 4.78 is 17.6. The van der Waals surface area contributed by atoms with Gasteiger partial charge in [-0.25, -0.2) is 4.68 Å². The Labute approximate surface area is 72.7 Å². The predicted octanol–water partition coefficient (Wildman–Crippen LogP) is 1.64. The lowest BCUT2D eigenvalue weighted by Gasteiger charge is -2.21. The first kappa shape index (κ1) is 9.36. The van der Waals surface area contributed by atoms with Crippen molar-refractivity contribution in [2.24, 2.45) is 0 Å². The molecule has 12 heavy (non-hydrogen) atoms. The van der Waals surface area contributed by atoms with Crippen LogP contribution in [0, 0.1) is 6.20 Å². The highest BCUT2D eigenvalue weighted by atomic mass is 31.1. The molecule has 0 bridgehead atoms. The van der Waals surface area contributed by atoms with Crippen LogP contribution >= 0.6 is 8.46 Å². The molecule has 0 aliphatic heterocycles. The van der Waals surface area contributed by atoms with Crippen LogP contribution < -0.4 is 0 Å². The fraction of sp³-hybridized carbons (Fsp3) is 0.571. The van der Waals surface area contributed by atoms with Crippen molar-refractivity contribution in [2.75, 3.05) is 6.61 Å². The van der Waals surface area contributed by atoms with Crippen molar-refractivity contribution in [3.8, 4) is 0 Å². The zero-order valence-electron chi connectivity index (χ0n) is 7.02. The zero-order valence-corrected chi connectivity index (χ0v) is 7.91. The number of aromatic nitrogens is 2. The molecule has 1 unspecified atom stereocenters. The number of hydrogen-bond donors (Lipinski definition) is 0. The Morgan fingerprint density at radius 2 is 2.58 bits per heavy atom. The highest BCUT2D eigenvalue weighted by Crippen LogP contribution is 2.28. The zero-order chi connectivity index (χ0) is 9.03. The first-order valence-electron chi connectivity index (χ1n) is 3.63. The predicted molar refractivity (Wildman–Crippen MR) is 43.9 cm³/mol. The van der Waals surface area contributed by atoms with Gasteiger partial charge in [-0.2, -0.15) is 5.10 Å². The van der Waals surface area contributed by atoms with Crippen LogP contribution in [0.5, 0.6) is 0 Å². The molecule has 0 aromatic carbocycles. The van der Waals surface area contributed by atoms with Gasteiger partial charge in [0.25, 0.3) is 0 Å². The van der Waals surface area contributed by atoms with Gasteiger partial charge in [0.15, 0.2) is 0 Å². The fourth-order valence-corrected chi connectivity index (χ4v) is 1.25. The van der Waals surface area contributed by atoms with E-state index in [0.717, 1.165) is 0 Å². The Bertz CT molecular complexity index is 250. The summed E-state index contributed by atoms with van der Waals surface area (Å²) >= 11 is 0. The Morgan fingerprint density at radius 3 is 3.00 bits per heavy atom. The second-order valence-electron chi connectivity index (χ2n) is 2.35. The second kappa shape index (κ2) is 3.78. The van der Waals surface area contributed by atoms with E-state index in [1.165, 1.54) is 4.68 Å². The molecule has 1 rings (SSSR count). The minimum atomic E-state index is -0.894. The normalized spacial score (nSPS) is 16.2. The first-order chi connectivity index (χ1) is 5.73. The van der Waals surface area contributed by atoms with Crippen molar-refractivity contribution in [3.63, 3.8) is 0 Å². The molecule has 1 heterocycles. The Morgan fingerprint density at radius 1 is 1.83 bits per heavy atom. The molecule has 0 aliphatic rings. The van der Waals surface area contributed by atoms with Gasteiger partial charge < -0.3 is 4.74 Å². The number of ether oxygens (including phenoxy) is 1. The van der Waals surface area contributed by atoms with E-state index in [9.17, 15) is 4.57 Å². The fourth-order valence-electron chi connectivity index (χ4n) is 0.872. The van der Waals surface area contributed by atoms with Crippen molar-refractivity contribution in [1.82, 2.24) is 9.78 Å². The summed E-state index contributed by atoms with van der Waals surface area (Å²) in [4.78, 5) is 0. The van der Waals surface area contributed by atoms with Crippen molar-refractivity contribution in [2.45, 2.75) is 19.3 Å². The monoisotopic (exact) mass is 185 g/mol. The van der Waals surface area contributed by atoms with Crippen molar-refractivity contribution in [3.05, 3.63) is 18.5 Å². The third kappa shape index (κ3) is 1.71.